The van der Waals surface area contributed by atoms with Crippen LogP contribution in [0.25, 0.3) is 0 Å². The van der Waals surface area contributed by atoms with Gasteiger partial charge in [-0.05, 0) is 63.0 Å². The number of fused-ring (bicyclic) bond motifs is 1. The van der Waals surface area contributed by atoms with Crippen LogP contribution in [-0.4, -0.2) is 58.7 Å². The van der Waals surface area contributed by atoms with Crippen molar-refractivity contribution in [3.63, 3.8) is 0 Å². The Morgan fingerprint density at radius 2 is 1.94 bits per heavy atom. The molecule has 0 spiro atoms. The SMILES string of the molecule is CC(=O)NC(CCCC(CCCO)C(=O)NCCCc1ccc2c(n1)NCCC2)C(=O)O. The normalized spacial score (nSPS) is 14.6. The molecule has 5 N–H and O–H groups in total. The number of anilines is 1. The lowest BCUT2D eigenvalue weighted by molar-refractivity contribution is -0.141. The Morgan fingerprint density at radius 3 is 2.66 bits per heavy atom. The van der Waals surface area contributed by atoms with Crippen molar-refractivity contribution < 1.29 is 24.6 Å². The topological polar surface area (TPSA) is 141 Å². The third-order valence-corrected chi connectivity index (χ3v) is 5.66. The fraction of sp³-hybridized carbons (Fsp3) is 0.652. The zero-order valence-electron chi connectivity index (χ0n) is 18.9. The minimum Gasteiger partial charge on any atom is -0.480 e. The number of aliphatic hydroxyl groups is 1. The lowest BCUT2D eigenvalue weighted by Crippen LogP contribution is -2.39. The minimum atomic E-state index is -1.08. The number of hydrogen-bond acceptors (Lipinski definition) is 6. The van der Waals surface area contributed by atoms with Gasteiger partial charge in [0.05, 0.1) is 0 Å². The fourth-order valence-corrected chi connectivity index (χ4v) is 3.95. The van der Waals surface area contributed by atoms with Gasteiger partial charge in [0.2, 0.25) is 11.8 Å². The van der Waals surface area contributed by atoms with E-state index < -0.39 is 17.9 Å². The van der Waals surface area contributed by atoms with E-state index in [9.17, 15) is 19.5 Å². The average molecular weight is 449 g/mol. The van der Waals surface area contributed by atoms with Crippen molar-refractivity contribution in [2.75, 3.05) is 25.0 Å². The Morgan fingerprint density at radius 1 is 1.16 bits per heavy atom. The van der Waals surface area contributed by atoms with Gasteiger partial charge in [-0.3, -0.25) is 9.59 Å². The van der Waals surface area contributed by atoms with E-state index in [2.05, 4.69) is 27.0 Å². The molecule has 32 heavy (non-hydrogen) atoms. The van der Waals surface area contributed by atoms with Gasteiger partial charge in [0, 0.05) is 38.2 Å². The summed E-state index contributed by atoms with van der Waals surface area (Å²) >= 11 is 0. The molecule has 0 aliphatic carbocycles. The maximum Gasteiger partial charge on any atom is 0.326 e. The summed E-state index contributed by atoms with van der Waals surface area (Å²) in [5.41, 5.74) is 2.26. The largest absolute Gasteiger partial charge is 0.480 e. The molecule has 178 valence electrons. The van der Waals surface area contributed by atoms with E-state index in [0.29, 0.717) is 32.2 Å². The number of carbonyl (C=O) groups excluding carboxylic acids is 2. The molecular formula is C23H36N4O5. The number of aliphatic hydroxyl groups excluding tert-OH is 1. The maximum atomic E-state index is 12.6. The Kier molecular flexibility index (Phi) is 10.9. The summed E-state index contributed by atoms with van der Waals surface area (Å²) in [5.74, 6) is -0.871. The number of carboxylic acids is 1. The Balaban J connectivity index is 1.76. The van der Waals surface area contributed by atoms with Gasteiger partial charge in [0.1, 0.15) is 11.9 Å². The first-order valence-electron chi connectivity index (χ1n) is 11.5. The van der Waals surface area contributed by atoms with Crippen molar-refractivity contribution in [2.45, 2.75) is 70.8 Å². The van der Waals surface area contributed by atoms with Crippen molar-refractivity contribution in [3.8, 4) is 0 Å². The molecule has 9 heteroatoms. The first-order valence-corrected chi connectivity index (χ1v) is 11.5. The van der Waals surface area contributed by atoms with E-state index in [1.165, 1.54) is 12.5 Å². The number of aliphatic carboxylic acids is 1. The monoisotopic (exact) mass is 448 g/mol. The number of carboxylic acid groups (broad SMARTS) is 1. The third-order valence-electron chi connectivity index (χ3n) is 5.66. The van der Waals surface area contributed by atoms with Gasteiger partial charge >= 0.3 is 5.97 Å². The van der Waals surface area contributed by atoms with Gasteiger partial charge in [0.25, 0.3) is 0 Å². The second kappa shape index (κ2) is 13.7. The van der Waals surface area contributed by atoms with Crippen LogP contribution in [0.5, 0.6) is 0 Å². The summed E-state index contributed by atoms with van der Waals surface area (Å²) in [6, 6.07) is 3.22. The van der Waals surface area contributed by atoms with Crippen LogP contribution < -0.4 is 16.0 Å². The molecule has 1 aromatic heterocycles. The third kappa shape index (κ3) is 8.82. The lowest BCUT2D eigenvalue weighted by atomic mass is 9.94. The Bertz CT molecular complexity index is 771. The molecule has 2 atom stereocenters. The van der Waals surface area contributed by atoms with Crippen molar-refractivity contribution >= 4 is 23.6 Å². The van der Waals surface area contributed by atoms with Crippen LogP contribution in [0.3, 0.4) is 0 Å². The fourth-order valence-electron chi connectivity index (χ4n) is 3.95. The van der Waals surface area contributed by atoms with Gasteiger partial charge in [-0.15, -0.1) is 0 Å². The van der Waals surface area contributed by atoms with Crippen LogP contribution in [0.15, 0.2) is 12.1 Å². The summed E-state index contributed by atoms with van der Waals surface area (Å²) in [5, 5.41) is 27.1. The van der Waals surface area contributed by atoms with Gasteiger partial charge in [-0.1, -0.05) is 12.5 Å². The lowest BCUT2D eigenvalue weighted by Gasteiger charge is -2.19. The van der Waals surface area contributed by atoms with Gasteiger partial charge in [0.15, 0.2) is 0 Å². The highest BCUT2D eigenvalue weighted by molar-refractivity contribution is 5.82. The predicted octanol–water partition coefficient (Wildman–Crippen LogP) is 1.64. The number of nitrogens with zero attached hydrogens (tertiary/aromatic N) is 1. The highest BCUT2D eigenvalue weighted by atomic mass is 16.4. The molecule has 2 unspecified atom stereocenters. The average Bonchev–Trinajstić information content (AvgIpc) is 2.77. The summed E-state index contributed by atoms with van der Waals surface area (Å²) in [6.45, 7) is 2.77. The number of aryl methyl sites for hydroxylation is 2. The van der Waals surface area contributed by atoms with Crippen LogP contribution in [0.4, 0.5) is 5.82 Å². The number of pyridine rings is 1. The van der Waals surface area contributed by atoms with Crippen molar-refractivity contribution in [2.24, 2.45) is 5.92 Å². The van der Waals surface area contributed by atoms with E-state index in [1.54, 1.807) is 0 Å². The summed E-state index contributed by atoms with van der Waals surface area (Å²) < 4.78 is 0. The second-order valence-electron chi connectivity index (χ2n) is 8.32. The zero-order chi connectivity index (χ0) is 23.3. The molecule has 1 aromatic rings. The smallest absolute Gasteiger partial charge is 0.326 e. The van der Waals surface area contributed by atoms with Gasteiger partial charge < -0.3 is 26.2 Å². The molecule has 0 radical (unpaired) electrons. The molecule has 9 nitrogen and oxygen atoms in total. The quantitative estimate of drug-likeness (QED) is 0.272. The molecule has 0 bridgehead atoms. The number of hydrogen-bond donors (Lipinski definition) is 5. The van der Waals surface area contributed by atoms with E-state index >= 15 is 0 Å². The first-order chi connectivity index (χ1) is 15.4. The van der Waals surface area contributed by atoms with Crippen molar-refractivity contribution in [1.29, 1.82) is 0 Å². The van der Waals surface area contributed by atoms with E-state index in [1.807, 2.05) is 6.07 Å². The molecule has 1 aliphatic rings. The molecule has 2 heterocycles. The Labute approximate surface area is 189 Å². The number of aromatic nitrogens is 1. The number of carbonyl (C=O) groups is 3. The maximum absolute atomic E-state index is 12.6. The van der Waals surface area contributed by atoms with Crippen molar-refractivity contribution in [3.05, 3.63) is 23.4 Å². The zero-order valence-corrected chi connectivity index (χ0v) is 18.9. The highest BCUT2D eigenvalue weighted by Crippen LogP contribution is 2.20. The molecule has 2 rings (SSSR count). The number of amides is 2. The predicted molar refractivity (Wildman–Crippen MR) is 121 cm³/mol. The highest BCUT2D eigenvalue weighted by Gasteiger charge is 2.21. The molecular weight excluding hydrogens is 412 g/mol. The summed E-state index contributed by atoms with van der Waals surface area (Å²) in [4.78, 5) is 39.7. The molecule has 0 saturated carbocycles. The van der Waals surface area contributed by atoms with Crippen LogP contribution in [0, 0.1) is 5.92 Å². The molecule has 0 aromatic carbocycles. The standard InChI is InChI=1S/C23H36N4O5/c1-16(29)26-20(23(31)32)10-2-6-18(8-5-15-28)22(30)25-14-4-9-19-12-11-17-7-3-13-24-21(17)27-19/h11-12,18,20,28H,2-10,13-15H2,1H3,(H,24,27)(H,25,30)(H,26,29)(H,31,32). The first kappa shape index (κ1) is 25.6. The molecule has 0 saturated heterocycles. The van der Waals surface area contributed by atoms with Crippen molar-refractivity contribution in [1.82, 2.24) is 15.6 Å². The van der Waals surface area contributed by atoms with Crippen LogP contribution in [-0.2, 0) is 27.2 Å². The van der Waals surface area contributed by atoms with Crippen LogP contribution >= 0.6 is 0 Å². The number of rotatable bonds is 14. The van der Waals surface area contributed by atoms with E-state index in [-0.39, 0.29) is 24.9 Å². The molecule has 1 aliphatic heterocycles. The second-order valence-corrected chi connectivity index (χ2v) is 8.32. The van der Waals surface area contributed by atoms with E-state index in [4.69, 9.17) is 5.11 Å². The van der Waals surface area contributed by atoms with Gasteiger partial charge in [-0.25, -0.2) is 9.78 Å². The van der Waals surface area contributed by atoms with Gasteiger partial charge in [-0.2, -0.15) is 0 Å². The molecule has 0 fully saturated rings. The van der Waals surface area contributed by atoms with Crippen LogP contribution in [0.1, 0.15) is 63.1 Å². The summed E-state index contributed by atoms with van der Waals surface area (Å²) in [7, 11) is 0. The number of nitrogens with one attached hydrogen (secondary N) is 3. The summed E-state index contributed by atoms with van der Waals surface area (Å²) in [6.07, 6.45) is 6.04. The Hall–Kier alpha value is -2.68. The van der Waals surface area contributed by atoms with E-state index in [0.717, 1.165) is 43.7 Å². The minimum absolute atomic E-state index is 0.00541. The molecule has 2 amide bonds. The van der Waals surface area contributed by atoms with Crippen LogP contribution in [0.2, 0.25) is 0 Å².